The van der Waals surface area contributed by atoms with Crippen molar-refractivity contribution in [2.75, 3.05) is 9.80 Å². The minimum absolute atomic E-state index is 0.0940. The summed E-state index contributed by atoms with van der Waals surface area (Å²) in [5.41, 5.74) is 3.85. The number of carboxylic acids is 1. The Hall–Kier alpha value is -4.43. The van der Waals surface area contributed by atoms with Crippen LogP contribution in [0.4, 0.5) is 11.4 Å². The van der Waals surface area contributed by atoms with Crippen molar-refractivity contribution in [3.05, 3.63) is 101 Å². The Morgan fingerprint density at radius 1 is 1.10 bits per heavy atom. The first kappa shape index (κ1) is 27.1. The first-order chi connectivity index (χ1) is 19.2. The van der Waals surface area contributed by atoms with Gasteiger partial charge in [-0.05, 0) is 73.9 Å². The summed E-state index contributed by atoms with van der Waals surface area (Å²) in [6.07, 6.45) is 2.50. The van der Waals surface area contributed by atoms with Gasteiger partial charge in [-0.25, -0.2) is 4.79 Å². The van der Waals surface area contributed by atoms with E-state index in [4.69, 9.17) is 16.7 Å². The van der Waals surface area contributed by atoms with Gasteiger partial charge in [-0.1, -0.05) is 36.4 Å². The molecule has 0 saturated carbocycles. The fourth-order valence-corrected chi connectivity index (χ4v) is 5.53. The Bertz CT molecular complexity index is 1630. The number of carboxylic acid groups (broad SMARTS) is 1. The van der Waals surface area contributed by atoms with Crippen LogP contribution in [0, 0.1) is 0 Å². The summed E-state index contributed by atoms with van der Waals surface area (Å²) in [6, 6.07) is 19.9. The highest BCUT2D eigenvalue weighted by Gasteiger charge is 2.38. The number of aromatic nitrogens is 2. The Balaban J connectivity index is 1.46. The van der Waals surface area contributed by atoms with Crippen LogP contribution in [0.1, 0.15) is 48.7 Å². The number of para-hydroxylation sites is 1. The molecule has 5 rings (SSSR count). The van der Waals surface area contributed by atoms with Crippen molar-refractivity contribution in [1.29, 1.82) is 0 Å². The van der Waals surface area contributed by atoms with E-state index in [1.54, 1.807) is 45.8 Å². The van der Waals surface area contributed by atoms with Gasteiger partial charge in [-0.2, -0.15) is 5.10 Å². The van der Waals surface area contributed by atoms with Gasteiger partial charge in [-0.3, -0.25) is 14.3 Å². The molecule has 2 heterocycles. The van der Waals surface area contributed by atoms with Gasteiger partial charge in [0.2, 0.25) is 5.91 Å². The summed E-state index contributed by atoms with van der Waals surface area (Å²) < 4.78 is 1.72. The summed E-state index contributed by atoms with van der Waals surface area (Å²) in [7, 11) is 0. The van der Waals surface area contributed by atoms with E-state index in [9.17, 15) is 14.4 Å². The third-order valence-electron chi connectivity index (χ3n) is 7.35. The van der Waals surface area contributed by atoms with Crippen LogP contribution in [0.15, 0.2) is 85.1 Å². The third-order valence-corrected chi connectivity index (χ3v) is 7.60. The van der Waals surface area contributed by atoms with Crippen molar-refractivity contribution in [2.45, 2.75) is 45.3 Å². The number of fused-ring (bicyclic) bond motifs is 2. The molecule has 204 valence electrons. The quantitative estimate of drug-likeness (QED) is 0.271. The van der Waals surface area contributed by atoms with E-state index in [0.29, 0.717) is 23.6 Å². The molecular formula is C31H29ClN4O4. The predicted octanol–water partition coefficient (Wildman–Crippen LogP) is 6.25. The first-order valence-electron chi connectivity index (χ1n) is 13.0. The van der Waals surface area contributed by atoms with Crippen LogP contribution in [0.3, 0.4) is 0 Å². The van der Waals surface area contributed by atoms with Crippen LogP contribution in [-0.2, 0) is 16.1 Å². The van der Waals surface area contributed by atoms with Crippen LogP contribution < -0.4 is 9.80 Å². The van der Waals surface area contributed by atoms with Crippen molar-refractivity contribution in [3.63, 3.8) is 0 Å². The maximum atomic E-state index is 14.0. The number of hydrogen-bond donors (Lipinski definition) is 1. The molecule has 1 aliphatic rings. The number of carbonyl (C=O) groups excluding carboxylic acids is 2. The number of aliphatic carboxylic acids is 1. The van der Waals surface area contributed by atoms with Crippen LogP contribution in [0.2, 0.25) is 5.02 Å². The van der Waals surface area contributed by atoms with Crippen LogP contribution in [0.5, 0.6) is 0 Å². The summed E-state index contributed by atoms with van der Waals surface area (Å²) >= 11 is 6.10. The zero-order chi connectivity index (χ0) is 28.6. The van der Waals surface area contributed by atoms with Crippen molar-refractivity contribution in [1.82, 2.24) is 9.78 Å². The standard InChI is InChI=1S/C31H29ClN4O4/c1-19(31(39)40)14-15-34-27-13-8-22(17-23(27)18-33-34)30(38)35-20(2)16-29(26-6-4-5-7-28(26)35)36(21(3)37)25-11-9-24(32)10-12-25/h4-13,17-18,20,29H,1,14-16H2,2-3H3,(H,39,40)/t20-,29+/m0/s1. The predicted molar refractivity (Wildman–Crippen MR) is 156 cm³/mol. The molecule has 0 spiro atoms. The monoisotopic (exact) mass is 556 g/mol. The highest BCUT2D eigenvalue weighted by Crippen LogP contribution is 2.43. The molecule has 1 N–H and O–H groups in total. The first-order valence-corrected chi connectivity index (χ1v) is 13.4. The molecule has 4 aromatic rings. The molecule has 0 fully saturated rings. The topological polar surface area (TPSA) is 95.7 Å². The van der Waals surface area contributed by atoms with Crippen LogP contribution >= 0.6 is 11.6 Å². The lowest BCUT2D eigenvalue weighted by Crippen LogP contribution is -2.47. The van der Waals surface area contributed by atoms with Gasteiger partial charge in [0.25, 0.3) is 5.91 Å². The van der Waals surface area contributed by atoms with Gasteiger partial charge < -0.3 is 14.9 Å². The second-order valence-corrected chi connectivity index (χ2v) is 10.4. The second kappa shape index (κ2) is 11.0. The van der Waals surface area contributed by atoms with Crippen molar-refractivity contribution >= 4 is 51.7 Å². The molecular weight excluding hydrogens is 528 g/mol. The van der Waals surface area contributed by atoms with Gasteiger partial charge >= 0.3 is 5.97 Å². The molecule has 8 nitrogen and oxygen atoms in total. The Morgan fingerprint density at radius 3 is 2.52 bits per heavy atom. The summed E-state index contributed by atoms with van der Waals surface area (Å²) in [6.45, 7) is 7.49. The zero-order valence-corrected chi connectivity index (χ0v) is 23.0. The number of benzene rings is 3. The number of rotatable bonds is 7. The molecule has 2 amide bonds. The molecule has 3 aromatic carbocycles. The van der Waals surface area contributed by atoms with Crippen LogP contribution in [0.25, 0.3) is 10.9 Å². The van der Waals surface area contributed by atoms with E-state index >= 15 is 0 Å². The Labute approximate surface area is 237 Å². The molecule has 40 heavy (non-hydrogen) atoms. The van der Waals surface area contributed by atoms with Gasteiger partial charge in [0, 0.05) is 52.4 Å². The molecule has 2 atom stereocenters. The molecule has 0 radical (unpaired) electrons. The molecule has 1 aromatic heterocycles. The summed E-state index contributed by atoms with van der Waals surface area (Å²) in [4.78, 5) is 41.5. The van der Waals surface area contributed by atoms with Crippen molar-refractivity contribution in [2.24, 2.45) is 0 Å². The number of anilines is 2. The van der Waals surface area contributed by atoms with E-state index in [0.717, 1.165) is 27.8 Å². The van der Waals surface area contributed by atoms with E-state index in [2.05, 4.69) is 11.7 Å². The summed E-state index contributed by atoms with van der Waals surface area (Å²) in [5, 5.41) is 14.8. The van der Waals surface area contributed by atoms with Crippen molar-refractivity contribution in [3.8, 4) is 0 Å². The minimum Gasteiger partial charge on any atom is -0.478 e. The smallest absolute Gasteiger partial charge is 0.331 e. The minimum atomic E-state index is -1.03. The number of amides is 2. The number of halogens is 1. The fourth-order valence-electron chi connectivity index (χ4n) is 5.40. The number of carbonyl (C=O) groups is 3. The third kappa shape index (κ3) is 5.10. The van der Waals surface area contributed by atoms with Gasteiger partial charge in [-0.15, -0.1) is 0 Å². The summed E-state index contributed by atoms with van der Waals surface area (Å²) in [5.74, 6) is -1.27. The van der Waals surface area contributed by atoms with E-state index in [1.807, 2.05) is 55.5 Å². The van der Waals surface area contributed by atoms with Crippen molar-refractivity contribution < 1.29 is 19.5 Å². The van der Waals surface area contributed by atoms with E-state index in [1.165, 1.54) is 0 Å². The molecule has 0 saturated heterocycles. The Morgan fingerprint density at radius 2 is 1.82 bits per heavy atom. The van der Waals surface area contributed by atoms with Crippen LogP contribution in [-0.4, -0.2) is 38.7 Å². The number of aryl methyl sites for hydroxylation is 1. The second-order valence-electron chi connectivity index (χ2n) is 10.00. The zero-order valence-electron chi connectivity index (χ0n) is 22.3. The maximum absolute atomic E-state index is 14.0. The molecule has 9 heteroatoms. The lowest BCUT2D eigenvalue weighted by Gasteiger charge is -2.43. The van der Waals surface area contributed by atoms with Gasteiger partial charge in [0.1, 0.15) is 0 Å². The van der Waals surface area contributed by atoms with E-state index < -0.39 is 5.97 Å². The SMILES string of the molecule is C=C(CCn1ncc2cc(C(=O)N3c4ccccc4[C@H](N(C(C)=O)c4ccc(Cl)cc4)C[C@@H]3C)ccc21)C(=O)O. The Kier molecular flexibility index (Phi) is 7.45. The fraction of sp³-hybridized carbons (Fsp3) is 0.226. The van der Waals surface area contributed by atoms with E-state index in [-0.39, 0.29) is 35.9 Å². The average Bonchev–Trinajstić information content (AvgIpc) is 3.34. The molecule has 0 unspecified atom stereocenters. The van der Waals surface area contributed by atoms with Gasteiger partial charge in [0.05, 0.1) is 17.8 Å². The number of hydrogen-bond acceptors (Lipinski definition) is 4. The molecule has 0 bridgehead atoms. The normalized spacial score (nSPS) is 16.4. The maximum Gasteiger partial charge on any atom is 0.331 e. The molecule has 1 aliphatic heterocycles. The average molecular weight is 557 g/mol. The van der Waals surface area contributed by atoms with Gasteiger partial charge in [0.15, 0.2) is 0 Å². The largest absolute Gasteiger partial charge is 0.478 e. The molecule has 0 aliphatic carbocycles. The number of nitrogens with zero attached hydrogens (tertiary/aromatic N) is 4. The highest BCUT2D eigenvalue weighted by molar-refractivity contribution is 6.30. The lowest BCUT2D eigenvalue weighted by atomic mass is 9.89. The highest BCUT2D eigenvalue weighted by atomic mass is 35.5. The lowest BCUT2D eigenvalue weighted by molar-refractivity contribution is -0.132.